The third-order valence-corrected chi connectivity index (χ3v) is 3.38. The van der Waals surface area contributed by atoms with Gasteiger partial charge in [0, 0.05) is 23.7 Å². The van der Waals surface area contributed by atoms with Crippen molar-refractivity contribution in [3.63, 3.8) is 0 Å². The smallest absolute Gasteiger partial charge is 0.251 e. The molecule has 110 valence electrons. The van der Waals surface area contributed by atoms with E-state index in [4.69, 9.17) is 4.74 Å². The predicted molar refractivity (Wildman–Crippen MR) is 83.7 cm³/mol. The molecule has 0 spiro atoms. The first-order chi connectivity index (χ1) is 10.8. The number of fused-ring (bicyclic) bond motifs is 1. The molecule has 5 heteroatoms. The molecule has 3 aromatic rings. The van der Waals surface area contributed by atoms with E-state index in [0.29, 0.717) is 12.1 Å². The number of rotatable bonds is 4. The molecule has 1 N–H and O–H groups in total. The lowest BCUT2D eigenvalue weighted by Gasteiger charge is -2.07. The van der Waals surface area contributed by atoms with E-state index in [0.717, 1.165) is 22.2 Å². The SMILES string of the molecule is COc1ccc(CNC(=O)c2ccc3cncnc3c2)cc1. The van der Waals surface area contributed by atoms with Gasteiger partial charge in [0.05, 0.1) is 12.6 Å². The zero-order valence-corrected chi connectivity index (χ0v) is 12.1. The molecule has 1 amide bonds. The molecule has 1 heterocycles. The van der Waals surface area contributed by atoms with E-state index in [1.54, 1.807) is 25.4 Å². The Morgan fingerprint density at radius 3 is 2.77 bits per heavy atom. The van der Waals surface area contributed by atoms with Crippen molar-refractivity contribution in [2.24, 2.45) is 0 Å². The Hall–Kier alpha value is -2.95. The number of hydrogen-bond donors (Lipinski definition) is 1. The third kappa shape index (κ3) is 3.03. The normalized spacial score (nSPS) is 10.4. The summed E-state index contributed by atoms with van der Waals surface area (Å²) in [6, 6.07) is 13.0. The lowest BCUT2D eigenvalue weighted by atomic mass is 10.1. The molecule has 0 fully saturated rings. The van der Waals surface area contributed by atoms with Crippen LogP contribution >= 0.6 is 0 Å². The van der Waals surface area contributed by atoms with Crippen molar-refractivity contribution in [2.45, 2.75) is 6.54 Å². The second kappa shape index (κ2) is 6.22. The number of carbonyl (C=O) groups excluding carboxylic acids is 1. The third-order valence-electron chi connectivity index (χ3n) is 3.38. The summed E-state index contributed by atoms with van der Waals surface area (Å²) < 4.78 is 5.11. The number of aromatic nitrogens is 2. The molecular formula is C17H15N3O2. The zero-order chi connectivity index (χ0) is 15.4. The van der Waals surface area contributed by atoms with Gasteiger partial charge >= 0.3 is 0 Å². The molecule has 0 unspecified atom stereocenters. The van der Waals surface area contributed by atoms with Crippen LogP contribution in [-0.4, -0.2) is 23.0 Å². The number of benzene rings is 2. The summed E-state index contributed by atoms with van der Waals surface area (Å²) in [5, 5.41) is 3.81. The average molecular weight is 293 g/mol. The summed E-state index contributed by atoms with van der Waals surface area (Å²) in [4.78, 5) is 20.3. The fourth-order valence-electron chi connectivity index (χ4n) is 2.14. The number of carbonyl (C=O) groups is 1. The van der Waals surface area contributed by atoms with Gasteiger partial charge in [-0.15, -0.1) is 0 Å². The van der Waals surface area contributed by atoms with Gasteiger partial charge in [0.15, 0.2) is 0 Å². The summed E-state index contributed by atoms with van der Waals surface area (Å²) in [5.41, 5.74) is 2.35. The monoisotopic (exact) mass is 293 g/mol. The number of nitrogens with zero attached hydrogens (tertiary/aromatic N) is 2. The molecule has 0 aliphatic heterocycles. The van der Waals surface area contributed by atoms with E-state index in [2.05, 4.69) is 15.3 Å². The first-order valence-electron chi connectivity index (χ1n) is 6.87. The number of ether oxygens (including phenoxy) is 1. The van der Waals surface area contributed by atoms with Crippen molar-refractivity contribution in [1.29, 1.82) is 0 Å². The highest BCUT2D eigenvalue weighted by molar-refractivity contribution is 5.97. The maximum atomic E-state index is 12.2. The zero-order valence-electron chi connectivity index (χ0n) is 12.1. The van der Waals surface area contributed by atoms with Crippen LogP contribution < -0.4 is 10.1 Å². The maximum Gasteiger partial charge on any atom is 0.251 e. The van der Waals surface area contributed by atoms with E-state index in [1.165, 1.54) is 6.33 Å². The molecule has 0 atom stereocenters. The van der Waals surface area contributed by atoms with Crippen LogP contribution in [0.15, 0.2) is 55.0 Å². The van der Waals surface area contributed by atoms with Crippen LogP contribution in [0.4, 0.5) is 0 Å². The number of hydrogen-bond acceptors (Lipinski definition) is 4. The van der Waals surface area contributed by atoms with Crippen molar-refractivity contribution < 1.29 is 9.53 Å². The molecule has 0 bridgehead atoms. The van der Waals surface area contributed by atoms with Crippen molar-refractivity contribution in [1.82, 2.24) is 15.3 Å². The molecule has 0 radical (unpaired) electrons. The molecule has 0 aliphatic rings. The van der Waals surface area contributed by atoms with Gasteiger partial charge in [-0.25, -0.2) is 9.97 Å². The summed E-state index contributed by atoms with van der Waals surface area (Å²) in [5.74, 6) is 0.667. The van der Waals surface area contributed by atoms with Crippen LogP contribution in [0.3, 0.4) is 0 Å². The van der Waals surface area contributed by atoms with Crippen LogP contribution in [0.5, 0.6) is 5.75 Å². The fraction of sp³-hybridized carbons (Fsp3) is 0.118. The Morgan fingerprint density at radius 2 is 2.00 bits per heavy atom. The lowest BCUT2D eigenvalue weighted by molar-refractivity contribution is 0.0951. The van der Waals surface area contributed by atoms with Gasteiger partial charge in [0.25, 0.3) is 5.91 Å². The quantitative estimate of drug-likeness (QED) is 0.803. The Bertz CT molecular complexity index is 800. The topological polar surface area (TPSA) is 64.1 Å². The van der Waals surface area contributed by atoms with E-state index in [-0.39, 0.29) is 5.91 Å². The van der Waals surface area contributed by atoms with Gasteiger partial charge in [-0.2, -0.15) is 0 Å². The average Bonchev–Trinajstić information content (AvgIpc) is 2.59. The fourth-order valence-corrected chi connectivity index (χ4v) is 2.14. The van der Waals surface area contributed by atoms with E-state index in [9.17, 15) is 4.79 Å². The number of amides is 1. The highest BCUT2D eigenvalue weighted by Gasteiger charge is 2.07. The summed E-state index contributed by atoms with van der Waals surface area (Å²) >= 11 is 0. The minimum atomic E-state index is -0.128. The van der Waals surface area contributed by atoms with Crippen molar-refractivity contribution >= 4 is 16.8 Å². The second-order valence-corrected chi connectivity index (χ2v) is 4.83. The molecule has 1 aromatic heterocycles. The Balaban J connectivity index is 1.69. The minimum absolute atomic E-state index is 0.128. The van der Waals surface area contributed by atoms with Crippen LogP contribution in [0.1, 0.15) is 15.9 Å². The molecule has 5 nitrogen and oxygen atoms in total. The van der Waals surface area contributed by atoms with Crippen molar-refractivity contribution in [2.75, 3.05) is 7.11 Å². The highest BCUT2D eigenvalue weighted by atomic mass is 16.5. The van der Waals surface area contributed by atoms with Gasteiger partial charge in [0.1, 0.15) is 12.1 Å². The molecule has 22 heavy (non-hydrogen) atoms. The lowest BCUT2D eigenvalue weighted by Crippen LogP contribution is -2.22. The van der Waals surface area contributed by atoms with Crippen LogP contribution in [0, 0.1) is 0 Å². The Kier molecular flexibility index (Phi) is 3.96. The maximum absolute atomic E-state index is 12.2. The molecule has 2 aromatic carbocycles. The second-order valence-electron chi connectivity index (χ2n) is 4.83. The number of nitrogens with one attached hydrogen (secondary N) is 1. The van der Waals surface area contributed by atoms with Gasteiger partial charge in [0.2, 0.25) is 0 Å². The van der Waals surface area contributed by atoms with E-state index >= 15 is 0 Å². The van der Waals surface area contributed by atoms with Crippen molar-refractivity contribution in [3.05, 3.63) is 66.1 Å². The van der Waals surface area contributed by atoms with Crippen LogP contribution in [0.25, 0.3) is 10.9 Å². The van der Waals surface area contributed by atoms with Crippen LogP contribution in [0.2, 0.25) is 0 Å². The molecule has 0 saturated heterocycles. The summed E-state index contributed by atoms with van der Waals surface area (Å²) in [6.45, 7) is 0.463. The Morgan fingerprint density at radius 1 is 1.18 bits per heavy atom. The van der Waals surface area contributed by atoms with E-state index in [1.807, 2.05) is 30.3 Å². The first kappa shape index (κ1) is 14.0. The molecule has 0 aliphatic carbocycles. The molecule has 0 saturated carbocycles. The van der Waals surface area contributed by atoms with Gasteiger partial charge in [-0.3, -0.25) is 4.79 Å². The highest BCUT2D eigenvalue weighted by Crippen LogP contribution is 2.13. The predicted octanol–water partition coefficient (Wildman–Crippen LogP) is 2.57. The summed E-state index contributed by atoms with van der Waals surface area (Å²) in [6.07, 6.45) is 3.20. The molecular weight excluding hydrogens is 278 g/mol. The van der Waals surface area contributed by atoms with Crippen LogP contribution in [-0.2, 0) is 6.54 Å². The minimum Gasteiger partial charge on any atom is -0.497 e. The van der Waals surface area contributed by atoms with E-state index < -0.39 is 0 Å². The number of methoxy groups -OCH3 is 1. The van der Waals surface area contributed by atoms with Gasteiger partial charge < -0.3 is 10.1 Å². The largest absolute Gasteiger partial charge is 0.497 e. The van der Waals surface area contributed by atoms with Gasteiger partial charge in [-0.1, -0.05) is 18.2 Å². The standard InChI is InChI=1S/C17H15N3O2/c1-22-15-6-2-12(3-7-15)9-19-17(21)13-4-5-14-10-18-11-20-16(14)8-13/h2-8,10-11H,9H2,1H3,(H,19,21). The van der Waals surface area contributed by atoms with Gasteiger partial charge in [-0.05, 0) is 29.8 Å². The Labute approximate surface area is 128 Å². The summed E-state index contributed by atoms with van der Waals surface area (Å²) in [7, 11) is 1.63. The van der Waals surface area contributed by atoms with Crippen molar-refractivity contribution in [3.8, 4) is 5.75 Å². The molecule has 3 rings (SSSR count). The first-order valence-corrected chi connectivity index (χ1v) is 6.87.